The highest BCUT2D eigenvalue weighted by molar-refractivity contribution is 5.42. The SMILES string of the molecule is COc1cc(C(OC)C(C)N(C)C)ccc1O. The molecule has 4 nitrogen and oxygen atoms in total. The van der Waals surface area contributed by atoms with Gasteiger partial charge in [-0.05, 0) is 38.7 Å². The van der Waals surface area contributed by atoms with Crippen molar-refractivity contribution in [3.8, 4) is 11.5 Å². The largest absolute Gasteiger partial charge is 0.504 e. The van der Waals surface area contributed by atoms with Gasteiger partial charge in [0.15, 0.2) is 11.5 Å². The number of benzene rings is 1. The second kappa shape index (κ2) is 5.89. The van der Waals surface area contributed by atoms with Gasteiger partial charge in [-0.25, -0.2) is 0 Å². The summed E-state index contributed by atoms with van der Waals surface area (Å²) in [4.78, 5) is 2.09. The molecule has 1 rings (SSSR count). The molecule has 1 aromatic carbocycles. The van der Waals surface area contributed by atoms with Crippen LogP contribution in [0.25, 0.3) is 0 Å². The fourth-order valence-corrected chi connectivity index (χ4v) is 1.75. The first-order valence-corrected chi connectivity index (χ1v) is 5.57. The van der Waals surface area contributed by atoms with E-state index < -0.39 is 0 Å². The van der Waals surface area contributed by atoms with E-state index in [0.29, 0.717) is 5.75 Å². The van der Waals surface area contributed by atoms with E-state index in [1.54, 1.807) is 13.2 Å². The van der Waals surface area contributed by atoms with Crippen molar-refractivity contribution in [1.29, 1.82) is 0 Å². The second-order valence-electron chi connectivity index (χ2n) is 4.29. The van der Waals surface area contributed by atoms with Crippen LogP contribution in [0.15, 0.2) is 18.2 Å². The first kappa shape index (κ1) is 13.8. The third-order valence-corrected chi connectivity index (χ3v) is 3.04. The van der Waals surface area contributed by atoms with Crippen LogP contribution in [0.5, 0.6) is 11.5 Å². The molecule has 0 aromatic heterocycles. The highest BCUT2D eigenvalue weighted by Crippen LogP contribution is 2.31. The van der Waals surface area contributed by atoms with Gasteiger partial charge in [-0.1, -0.05) is 6.07 Å². The van der Waals surface area contributed by atoms with Crippen molar-refractivity contribution in [2.24, 2.45) is 0 Å². The van der Waals surface area contributed by atoms with Gasteiger partial charge in [-0.3, -0.25) is 0 Å². The van der Waals surface area contributed by atoms with E-state index in [1.807, 2.05) is 26.2 Å². The van der Waals surface area contributed by atoms with Crippen molar-refractivity contribution in [3.63, 3.8) is 0 Å². The normalized spacial score (nSPS) is 14.7. The Morgan fingerprint density at radius 1 is 1.24 bits per heavy atom. The molecule has 1 aromatic rings. The molecule has 0 saturated carbocycles. The number of phenols is 1. The number of phenolic OH excluding ortho intramolecular Hbond substituents is 1. The summed E-state index contributed by atoms with van der Waals surface area (Å²) < 4.78 is 10.6. The number of methoxy groups -OCH3 is 2. The number of rotatable bonds is 5. The predicted octanol–water partition coefficient (Wildman–Crippen LogP) is 2.04. The van der Waals surface area contributed by atoms with Crippen LogP contribution in [0.3, 0.4) is 0 Å². The van der Waals surface area contributed by atoms with Crippen LogP contribution in [0.4, 0.5) is 0 Å². The van der Waals surface area contributed by atoms with E-state index in [2.05, 4.69) is 11.8 Å². The summed E-state index contributed by atoms with van der Waals surface area (Å²) in [5.74, 6) is 0.610. The zero-order valence-corrected chi connectivity index (χ0v) is 11.1. The van der Waals surface area contributed by atoms with Crippen molar-refractivity contribution >= 4 is 0 Å². The third-order valence-electron chi connectivity index (χ3n) is 3.04. The Hall–Kier alpha value is -1.26. The van der Waals surface area contributed by atoms with Crippen LogP contribution < -0.4 is 4.74 Å². The monoisotopic (exact) mass is 239 g/mol. The van der Waals surface area contributed by atoms with E-state index in [-0.39, 0.29) is 17.9 Å². The van der Waals surface area contributed by atoms with Gasteiger partial charge in [0.05, 0.1) is 13.2 Å². The van der Waals surface area contributed by atoms with Gasteiger partial charge in [0.2, 0.25) is 0 Å². The quantitative estimate of drug-likeness (QED) is 0.853. The van der Waals surface area contributed by atoms with Gasteiger partial charge in [-0.2, -0.15) is 0 Å². The average Bonchev–Trinajstić information content (AvgIpc) is 2.31. The standard InChI is InChI=1S/C13H21NO3/c1-9(14(2)3)13(17-5)10-6-7-11(15)12(8-10)16-4/h6-9,13,15H,1-5H3. The maximum Gasteiger partial charge on any atom is 0.160 e. The van der Waals surface area contributed by atoms with Crippen molar-refractivity contribution in [3.05, 3.63) is 23.8 Å². The maximum absolute atomic E-state index is 9.56. The van der Waals surface area contributed by atoms with Crippen molar-refractivity contribution < 1.29 is 14.6 Å². The molecule has 0 aliphatic heterocycles. The molecule has 1 N–H and O–H groups in total. The Morgan fingerprint density at radius 3 is 2.35 bits per heavy atom. The Balaban J connectivity index is 3.04. The van der Waals surface area contributed by atoms with Crippen molar-refractivity contribution in [2.75, 3.05) is 28.3 Å². The number of hydrogen-bond donors (Lipinski definition) is 1. The molecular formula is C13H21NO3. The number of nitrogens with zero attached hydrogens (tertiary/aromatic N) is 1. The summed E-state index contributed by atoms with van der Waals surface area (Å²) in [7, 11) is 7.24. The van der Waals surface area contributed by atoms with Gasteiger partial charge in [-0.15, -0.1) is 0 Å². The lowest BCUT2D eigenvalue weighted by molar-refractivity contribution is 0.0386. The molecule has 0 amide bonds. The molecule has 0 saturated heterocycles. The number of ether oxygens (including phenoxy) is 2. The third kappa shape index (κ3) is 3.11. The van der Waals surface area contributed by atoms with Gasteiger partial charge in [0.1, 0.15) is 0 Å². The van der Waals surface area contributed by atoms with E-state index in [1.165, 1.54) is 7.11 Å². The highest BCUT2D eigenvalue weighted by atomic mass is 16.5. The average molecular weight is 239 g/mol. The molecule has 0 heterocycles. The summed E-state index contributed by atoms with van der Waals surface area (Å²) in [6.45, 7) is 2.09. The van der Waals surface area contributed by atoms with Gasteiger partial charge >= 0.3 is 0 Å². The molecule has 0 fully saturated rings. The molecule has 0 bridgehead atoms. The first-order chi connectivity index (χ1) is 8.01. The minimum atomic E-state index is -0.0560. The molecule has 2 unspecified atom stereocenters. The number of hydrogen-bond acceptors (Lipinski definition) is 4. The smallest absolute Gasteiger partial charge is 0.160 e. The predicted molar refractivity (Wildman–Crippen MR) is 67.6 cm³/mol. The topological polar surface area (TPSA) is 41.9 Å². The van der Waals surface area contributed by atoms with E-state index in [9.17, 15) is 5.11 Å². The summed E-state index contributed by atoms with van der Waals surface area (Å²) in [6, 6.07) is 5.52. The van der Waals surface area contributed by atoms with E-state index >= 15 is 0 Å². The summed E-state index contributed by atoms with van der Waals surface area (Å²) in [6.07, 6.45) is -0.0560. The van der Waals surface area contributed by atoms with Gasteiger partial charge in [0, 0.05) is 13.2 Å². The molecule has 96 valence electrons. The summed E-state index contributed by atoms with van der Waals surface area (Å²) in [5.41, 5.74) is 0.989. The molecule has 0 spiro atoms. The summed E-state index contributed by atoms with van der Waals surface area (Å²) >= 11 is 0. The van der Waals surface area contributed by atoms with Crippen LogP contribution in [0, 0.1) is 0 Å². The fourth-order valence-electron chi connectivity index (χ4n) is 1.75. The van der Waals surface area contributed by atoms with Crippen LogP contribution in [0.1, 0.15) is 18.6 Å². The number of aromatic hydroxyl groups is 1. The van der Waals surface area contributed by atoms with Crippen LogP contribution in [-0.4, -0.2) is 44.4 Å². The van der Waals surface area contributed by atoms with Crippen LogP contribution in [0.2, 0.25) is 0 Å². The fraction of sp³-hybridized carbons (Fsp3) is 0.538. The zero-order chi connectivity index (χ0) is 13.0. The Morgan fingerprint density at radius 2 is 1.88 bits per heavy atom. The van der Waals surface area contributed by atoms with Crippen LogP contribution >= 0.6 is 0 Å². The zero-order valence-electron chi connectivity index (χ0n) is 11.1. The van der Waals surface area contributed by atoms with Gasteiger partial charge in [0.25, 0.3) is 0 Å². The lowest BCUT2D eigenvalue weighted by Gasteiger charge is -2.28. The Bertz CT molecular complexity index is 366. The maximum atomic E-state index is 9.56. The second-order valence-corrected chi connectivity index (χ2v) is 4.29. The lowest BCUT2D eigenvalue weighted by Crippen LogP contribution is -2.32. The first-order valence-electron chi connectivity index (χ1n) is 5.57. The molecule has 2 atom stereocenters. The Kier molecular flexibility index (Phi) is 4.78. The Labute approximate surface area is 103 Å². The van der Waals surface area contributed by atoms with E-state index in [0.717, 1.165) is 5.56 Å². The molecule has 0 aliphatic rings. The van der Waals surface area contributed by atoms with Crippen LogP contribution in [-0.2, 0) is 4.74 Å². The number of likely N-dealkylation sites (N-methyl/N-ethyl adjacent to an activating group) is 1. The molecule has 17 heavy (non-hydrogen) atoms. The molecule has 4 heteroatoms. The minimum Gasteiger partial charge on any atom is -0.504 e. The van der Waals surface area contributed by atoms with Crippen molar-refractivity contribution in [1.82, 2.24) is 4.90 Å². The molecule has 0 aliphatic carbocycles. The van der Waals surface area contributed by atoms with Crippen molar-refractivity contribution in [2.45, 2.75) is 19.1 Å². The molecular weight excluding hydrogens is 218 g/mol. The summed E-state index contributed by atoms with van der Waals surface area (Å²) in [5, 5.41) is 9.56. The van der Waals surface area contributed by atoms with Gasteiger partial charge < -0.3 is 19.5 Å². The van der Waals surface area contributed by atoms with E-state index in [4.69, 9.17) is 9.47 Å². The highest BCUT2D eigenvalue weighted by Gasteiger charge is 2.21. The molecule has 0 radical (unpaired) electrons. The minimum absolute atomic E-state index is 0.0560. The lowest BCUT2D eigenvalue weighted by atomic mass is 10.0.